The number of methoxy groups -OCH3 is 4. The zero-order valence-electron chi connectivity index (χ0n) is 56.1. The monoisotopic (exact) mass is 1360 g/mol. The Morgan fingerprint density at radius 2 is 0.939 bits per heavy atom. The maximum Gasteiger partial charge on any atom is 0.508 e. The van der Waals surface area contributed by atoms with Gasteiger partial charge in [-0.3, -0.25) is 19.7 Å². The predicted molar refractivity (Wildman–Crippen MR) is 373 cm³/mol. The van der Waals surface area contributed by atoms with Gasteiger partial charge in [0.05, 0.1) is 56.3 Å². The number of benzene rings is 6. The number of aromatic nitrogens is 3. The van der Waals surface area contributed by atoms with Crippen molar-refractivity contribution in [2.75, 3.05) is 57.6 Å². The van der Waals surface area contributed by atoms with Gasteiger partial charge >= 0.3 is 19.3 Å². The van der Waals surface area contributed by atoms with Crippen LogP contribution in [0, 0.1) is 17.5 Å². The first-order valence-electron chi connectivity index (χ1n) is 30.7. The highest BCUT2D eigenvalue weighted by atomic mass is 35.5. The summed E-state index contributed by atoms with van der Waals surface area (Å²) in [5.74, 6) is 1.05. The van der Waals surface area contributed by atoms with Crippen LogP contribution in [0.15, 0.2) is 164 Å². The Morgan fingerprint density at radius 3 is 1.31 bits per heavy atom. The molecule has 0 aliphatic carbocycles. The van der Waals surface area contributed by atoms with Crippen molar-refractivity contribution in [3.8, 4) is 50.6 Å². The number of Topliss-reactive ketones (excluding diaryl/α,β-unsaturated/α-hetero) is 3. The lowest BCUT2D eigenvalue weighted by Gasteiger charge is -2.32. The Balaban J connectivity index is 0.000000188. The minimum atomic E-state index is -0.898. The van der Waals surface area contributed by atoms with E-state index in [9.17, 15) is 28.4 Å². The Kier molecular flexibility index (Phi) is 26.2. The molecule has 0 bridgehead atoms. The van der Waals surface area contributed by atoms with Crippen LogP contribution in [0.2, 0.25) is 0 Å². The van der Waals surface area contributed by atoms with E-state index in [2.05, 4.69) is 30.3 Å². The number of hydrogen-bond acceptors (Lipinski definition) is 17. The SMILES string of the molecule is CC1(C)OB(c2ccc(N)nc2)OC1(C)C.COC(=O)OCc1ccc(OC)c(-c2cccc(C(C)=O)c2)c1F.COc1ccc(Cc2ccc(N)nc2)c(F)c1-c1cccc(C(C)=O)c1.COc1ccc(Cc2ccc(NC(=O)NCCCl)nc2)c(F)c1-c1cccc(C(C)=O)c1. The minimum absolute atomic E-state index is 0.0738. The van der Waals surface area contributed by atoms with Crippen LogP contribution in [-0.4, -0.2) is 104 Å². The number of nitrogen functional groups attached to an aromatic ring is 2. The van der Waals surface area contributed by atoms with Gasteiger partial charge in [-0.15, -0.1) is 11.6 Å². The first kappa shape index (κ1) is 74.8. The van der Waals surface area contributed by atoms with Crippen LogP contribution in [0.1, 0.15) is 107 Å². The van der Waals surface area contributed by atoms with Crippen LogP contribution in [-0.2, 0) is 38.2 Å². The van der Waals surface area contributed by atoms with E-state index in [1.54, 1.807) is 146 Å². The lowest BCUT2D eigenvalue weighted by Crippen LogP contribution is -2.41. The van der Waals surface area contributed by atoms with Crippen molar-refractivity contribution >= 4 is 71.2 Å². The van der Waals surface area contributed by atoms with E-state index in [-0.39, 0.29) is 59.2 Å². The number of alkyl halides is 1. The Labute approximate surface area is 572 Å². The third-order valence-corrected chi connectivity index (χ3v) is 16.0. The number of ketones is 3. The maximum atomic E-state index is 15.5. The molecule has 4 heterocycles. The third kappa shape index (κ3) is 19.5. The Bertz CT molecular complexity index is 4280. The molecule has 0 atom stereocenters. The number of nitrogens with two attached hydrogens (primary N) is 2. The lowest BCUT2D eigenvalue weighted by atomic mass is 9.80. The van der Waals surface area contributed by atoms with Crippen LogP contribution >= 0.6 is 11.6 Å². The molecule has 1 aliphatic rings. The molecule has 24 heteroatoms. The Morgan fingerprint density at radius 1 is 0.531 bits per heavy atom. The highest BCUT2D eigenvalue weighted by Gasteiger charge is 2.51. The molecule has 2 amide bonds. The molecule has 10 rings (SSSR count). The molecule has 6 aromatic carbocycles. The van der Waals surface area contributed by atoms with Crippen molar-refractivity contribution in [3.05, 3.63) is 226 Å². The van der Waals surface area contributed by atoms with Crippen molar-refractivity contribution < 1.29 is 70.1 Å². The van der Waals surface area contributed by atoms with Crippen LogP contribution < -0.4 is 41.8 Å². The van der Waals surface area contributed by atoms with Gasteiger partial charge in [0.1, 0.15) is 58.8 Å². The molecule has 1 saturated heterocycles. The number of halogens is 4. The summed E-state index contributed by atoms with van der Waals surface area (Å²) in [7, 11) is 5.21. The second-order valence-corrected chi connectivity index (χ2v) is 23.6. The summed E-state index contributed by atoms with van der Waals surface area (Å²) in [5, 5.41) is 5.18. The fraction of sp³-hybridized carbons (Fsp3) is 0.243. The van der Waals surface area contributed by atoms with Crippen molar-refractivity contribution in [1.29, 1.82) is 0 Å². The summed E-state index contributed by atoms with van der Waals surface area (Å²) in [5.41, 5.74) is 18.1. The summed E-state index contributed by atoms with van der Waals surface area (Å²) in [4.78, 5) is 70.0. The fourth-order valence-corrected chi connectivity index (χ4v) is 9.92. The second kappa shape index (κ2) is 34.4. The fourth-order valence-electron chi connectivity index (χ4n) is 9.82. The van der Waals surface area contributed by atoms with Crippen molar-refractivity contribution in [1.82, 2.24) is 20.3 Å². The standard InChI is InChI=1S/C24H23ClFN3O3.C21H19FN2O2.C18H17FO5.C11H17BN2O2/c1-15(30)17-4-3-5-18(13-17)22-20(32-2)8-7-19(23(22)26)12-16-6-9-21(28-14-16)29-24(31)27-11-10-25;1-13(25)15-4-3-5-16(11-15)20-18(26-2)8-7-17(21(20)22)10-14-6-9-19(23)24-12-14;1-11(20)12-5-4-6-13(9-12)16-15(22-2)8-7-14(17(16)19)10-24-18(21)23-3;1-10(2)11(3,4)16-12(15-10)8-5-6-9(13)14-7-8/h3-9,13-14H,10-12H2,1-2H3,(H2,27,28,29,31);3-9,11-12H,10H2,1-2H3,(H2,23,24);4-9H,10H2,1-3H3;5-7H,1-4H3,(H2,13,14). The molecule has 19 nitrogen and oxygen atoms in total. The topological polar surface area (TPSA) is 265 Å². The van der Waals surface area contributed by atoms with Crippen LogP contribution in [0.3, 0.4) is 0 Å². The summed E-state index contributed by atoms with van der Waals surface area (Å²) in [6, 6.07) is 40.3. The summed E-state index contributed by atoms with van der Waals surface area (Å²) in [6.07, 6.45) is 4.68. The molecule has 0 radical (unpaired) electrons. The minimum Gasteiger partial charge on any atom is -0.496 e. The van der Waals surface area contributed by atoms with Gasteiger partial charge in [0.25, 0.3) is 0 Å². The number of amides is 2. The molecule has 6 N–H and O–H groups in total. The first-order chi connectivity index (χ1) is 46.7. The zero-order valence-corrected chi connectivity index (χ0v) is 56.9. The average Bonchev–Trinajstić information content (AvgIpc) is 1.61. The molecule has 1 fully saturated rings. The number of carbonyl (C=O) groups excluding carboxylic acids is 5. The van der Waals surface area contributed by atoms with Crippen LogP contribution in [0.25, 0.3) is 33.4 Å². The number of rotatable bonds is 19. The van der Waals surface area contributed by atoms with Gasteiger partial charge < -0.3 is 49.8 Å². The molecule has 98 heavy (non-hydrogen) atoms. The number of carbonyl (C=O) groups is 5. The molecular formula is C74H76BClF3N7O12. The van der Waals surface area contributed by atoms with Crippen molar-refractivity contribution in [2.24, 2.45) is 0 Å². The number of hydrogen-bond donors (Lipinski definition) is 4. The number of nitrogens with one attached hydrogen (secondary N) is 2. The van der Waals surface area contributed by atoms with E-state index in [1.165, 1.54) is 55.3 Å². The smallest absolute Gasteiger partial charge is 0.496 e. The quantitative estimate of drug-likeness (QED) is 0.0254. The van der Waals surface area contributed by atoms with Crippen molar-refractivity contribution in [2.45, 2.75) is 79.1 Å². The van der Waals surface area contributed by atoms with Gasteiger partial charge in [-0.05, 0) is 148 Å². The van der Waals surface area contributed by atoms with Gasteiger partial charge in [0.15, 0.2) is 17.3 Å². The summed E-state index contributed by atoms with van der Waals surface area (Å²) in [6.45, 7) is 12.6. The zero-order chi connectivity index (χ0) is 71.4. The van der Waals surface area contributed by atoms with Gasteiger partial charge in [-0.2, -0.15) is 0 Å². The van der Waals surface area contributed by atoms with Gasteiger partial charge in [-0.1, -0.05) is 84.9 Å². The predicted octanol–water partition coefficient (Wildman–Crippen LogP) is 14.3. The number of nitrogens with zero attached hydrogens (tertiary/aromatic N) is 3. The molecule has 3 aromatic heterocycles. The Hall–Kier alpha value is -10.6. The van der Waals surface area contributed by atoms with E-state index in [4.69, 9.17) is 51.3 Å². The van der Waals surface area contributed by atoms with Gasteiger partial charge in [0, 0.05) is 71.6 Å². The van der Waals surface area contributed by atoms with E-state index in [0.29, 0.717) is 116 Å². The third-order valence-electron chi connectivity index (χ3n) is 15.8. The first-order valence-corrected chi connectivity index (χ1v) is 31.2. The second-order valence-electron chi connectivity index (χ2n) is 23.2. The van der Waals surface area contributed by atoms with E-state index in [1.807, 2.05) is 39.8 Å². The van der Waals surface area contributed by atoms with Crippen LogP contribution in [0.5, 0.6) is 17.2 Å². The number of ether oxygens (including phenoxy) is 5. The van der Waals surface area contributed by atoms with Crippen LogP contribution in [0.4, 0.5) is 40.2 Å². The highest BCUT2D eigenvalue weighted by molar-refractivity contribution is 6.62. The normalized spacial score (nSPS) is 12.4. The molecular weight excluding hydrogens is 1280 g/mol. The number of anilines is 3. The number of pyridine rings is 3. The molecule has 0 saturated carbocycles. The summed E-state index contributed by atoms with van der Waals surface area (Å²) >= 11 is 5.54. The van der Waals surface area contributed by atoms with E-state index < -0.39 is 23.8 Å². The van der Waals surface area contributed by atoms with Gasteiger partial charge in [-0.25, -0.2) is 37.7 Å². The lowest BCUT2D eigenvalue weighted by molar-refractivity contribution is 0.00578. The molecule has 9 aromatic rings. The van der Waals surface area contributed by atoms with Crippen molar-refractivity contribution in [3.63, 3.8) is 0 Å². The molecule has 510 valence electrons. The highest BCUT2D eigenvalue weighted by Crippen LogP contribution is 2.40. The number of urea groups is 1. The molecule has 0 unspecified atom stereocenters. The maximum absolute atomic E-state index is 15.5. The summed E-state index contributed by atoms with van der Waals surface area (Å²) < 4.78 is 82.6. The largest absolute Gasteiger partial charge is 0.508 e. The molecule has 1 aliphatic heterocycles. The van der Waals surface area contributed by atoms with Gasteiger partial charge in [0.2, 0.25) is 0 Å². The van der Waals surface area contributed by atoms with E-state index in [0.717, 1.165) is 16.6 Å². The average molecular weight is 1360 g/mol. The molecule has 0 spiro atoms. The van der Waals surface area contributed by atoms with E-state index >= 15 is 8.78 Å².